The van der Waals surface area contributed by atoms with Crippen LogP contribution in [0.15, 0.2) is 48.0 Å². The number of carbonyl (C=O) groups is 1. The molecule has 1 amide bonds. The highest BCUT2D eigenvalue weighted by Gasteiger charge is 2.12. The largest absolute Gasteiger partial charge is 0.491 e. The molecule has 6 heteroatoms. The number of amides is 1. The van der Waals surface area contributed by atoms with Gasteiger partial charge in [0, 0.05) is 25.8 Å². The fourth-order valence-corrected chi connectivity index (χ4v) is 3.57. The predicted octanol–water partition coefficient (Wildman–Crippen LogP) is 6.07. The van der Waals surface area contributed by atoms with Crippen molar-refractivity contribution in [3.8, 4) is 5.75 Å². The second-order valence-electron chi connectivity index (χ2n) is 8.18. The Hall–Kier alpha value is -2.99. The molecule has 0 aliphatic heterocycles. The molecule has 1 atom stereocenters. The number of hydrogen-bond acceptors (Lipinski definition) is 4. The van der Waals surface area contributed by atoms with E-state index in [4.69, 9.17) is 9.47 Å². The van der Waals surface area contributed by atoms with Gasteiger partial charge in [-0.3, -0.25) is 9.79 Å². The molecule has 0 spiro atoms. The molecule has 0 aliphatic rings. The van der Waals surface area contributed by atoms with Crippen LogP contribution in [0.3, 0.4) is 0 Å². The van der Waals surface area contributed by atoms with Crippen molar-refractivity contribution >= 4 is 12.1 Å². The predicted molar refractivity (Wildman–Crippen MR) is 143 cm³/mol. The van der Waals surface area contributed by atoms with Gasteiger partial charge in [0.25, 0.3) is 0 Å². The third kappa shape index (κ3) is 10.9. The maximum absolute atomic E-state index is 13.6. The molecule has 2 rings (SSSR count). The Labute approximate surface area is 210 Å². The minimum atomic E-state index is -0.326. The summed E-state index contributed by atoms with van der Waals surface area (Å²) in [5.74, 6) is 0.392. The van der Waals surface area contributed by atoms with Crippen LogP contribution in [-0.4, -0.2) is 38.5 Å². The van der Waals surface area contributed by atoms with E-state index in [2.05, 4.69) is 23.8 Å². The lowest BCUT2D eigenvalue weighted by atomic mass is 10.0. The van der Waals surface area contributed by atoms with Gasteiger partial charge in [-0.15, -0.1) is 6.58 Å². The summed E-state index contributed by atoms with van der Waals surface area (Å²) in [7, 11) is 1.65. The van der Waals surface area contributed by atoms with E-state index >= 15 is 0 Å². The van der Waals surface area contributed by atoms with Gasteiger partial charge in [-0.1, -0.05) is 32.1 Å². The van der Waals surface area contributed by atoms with Gasteiger partial charge < -0.3 is 14.8 Å². The van der Waals surface area contributed by atoms with E-state index in [1.54, 1.807) is 13.2 Å². The summed E-state index contributed by atoms with van der Waals surface area (Å²) in [5, 5.41) is 3.01. The number of aryl methyl sites for hydroxylation is 1. The molecule has 192 valence electrons. The molecule has 0 fully saturated rings. The van der Waals surface area contributed by atoms with Crippen molar-refractivity contribution in [1.29, 1.82) is 0 Å². The first-order chi connectivity index (χ1) is 16.8. The van der Waals surface area contributed by atoms with Crippen molar-refractivity contribution < 1.29 is 18.7 Å². The second kappa shape index (κ2) is 16.6. The zero-order chi connectivity index (χ0) is 26.2. The van der Waals surface area contributed by atoms with Crippen LogP contribution >= 0.6 is 0 Å². The summed E-state index contributed by atoms with van der Waals surface area (Å²) in [6.45, 7) is 15.3. The number of hydrogen-bond donors (Lipinski definition) is 1. The molecule has 2 aromatic carbocycles. The summed E-state index contributed by atoms with van der Waals surface area (Å²) in [6.07, 6.45) is 4.99. The van der Waals surface area contributed by atoms with Gasteiger partial charge in [0.1, 0.15) is 18.2 Å². The Bertz CT molecular complexity index is 952. The lowest BCUT2D eigenvalue weighted by Crippen LogP contribution is -2.35. The zero-order valence-corrected chi connectivity index (χ0v) is 22.1. The highest BCUT2D eigenvalue weighted by Crippen LogP contribution is 2.24. The smallest absolute Gasteiger partial charge is 0.224 e. The molecule has 0 saturated carbocycles. The van der Waals surface area contributed by atoms with E-state index in [9.17, 15) is 9.18 Å². The average Bonchev–Trinajstić information content (AvgIpc) is 2.81. The molecule has 2 aromatic rings. The molecule has 35 heavy (non-hydrogen) atoms. The van der Waals surface area contributed by atoms with Gasteiger partial charge in [0.2, 0.25) is 5.91 Å². The van der Waals surface area contributed by atoms with Gasteiger partial charge in [-0.05, 0) is 73.2 Å². The monoisotopic (exact) mass is 484 g/mol. The van der Waals surface area contributed by atoms with Crippen LogP contribution < -0.4 is 10.1 Å². The van der Waals surface area contributed by atoms with E-state index in [0.717, 1.165) is 28.0 Å². The van der Waals surface area contributed by atoms with E-state index in [1.807, 2.05) is 52.1 Å². The van der Waals surface area contributed by atoms with Crippen LogP contribution in [0.25, 0.3) is 0 Å². The van der Waals surface area contributed by atoms with E-state index in [1.165, 1.54) is 12.1 Å². The molecule has 0 saturated heterocycles. The summed E-state index contributed by atoms with van der Waals surface area (Å²) < 4.78 is 24.4. The number of nitrogens with one attached hydrogen (secondary N) is 1. The third-order valence-electron chi connectivity index (χ3n) is 5.46. The minimum absolute atomic E-state index is 0.104. The molecule has 0 heterocycles. The normalized spacial score (nSPS) is 11.5. The number of methoxy groups -OCH3 is 1. The summed E-state index contributed by atoms with van der Waals surface area (Å²) in [5.41, 5.74) is 4.85. The number of aliphatic imine (C=N–C) groups is 1. The second-order valence-corrected chi connectivity index (χ2v) is 8.18. The van der Waals surface area contributed by atoms with Crippen molar-refractivity contribution in [3.63, 3.8) is 0 Å². The SMILES string of the molecule is C=CCC(CC=NCc1ccc(OCCOC)c(C)c1C)NC(=O)Cc1cc(C)cc(F)c1.CC. The van der Waals surface area contributed by atoms with Crippen molar-refractivity contribution in [2.75, 3.05) is 20.3 Å². The third-order valence-corrected chi connectivity index (χ3v) is 5.46. The lowest BCUT2D eigenvalue weighted by Gasteiger charge is -2.16. The first-order valence-corrected chi connectivity index (χ1v) is 12.2. The number of nitrogens with zero attached hydrogens (tertiary/aromatic N) is 1. The van der Waals surface area contributed by atoms with Crippen molar-refractivity contribution in [2.24, 2.45) is 4.99 Å². The molecule has 0 aliphatic carbocycles. The number of ether oxygens (including phenoxy) is 2. The van der Waals surface area contributed by atoms with Gasteiger partial charge in [-0.2, -0.15) is 0 Å². The van der Waals surface area contributed by atoms with Crippen molar-refractivity contribution in [2.45, 2.75) is 66.5 Å². The van der Waals surface area contributed by atoms with E-state index in [0.29, 0.717) is 38.2 Å². The molecule has 0 bridgehead atoms. The molecule has 0 radical (unpaired) electrons. The quantitative estimate of drug-likeness (QED) is 0.213. The van der Waals surface area contributed by atoms with Crippen LogP contribution in [0.1, 0.15) is 54.5 Å². The maximum Gasteiger partial charge on any atom is 0.224 e. The van der Waals surface area contributed by atoms with Gasteiger partial charge in [-0.25, -0.2) is 4.39 Å². The van der Waals surface area contributed by atoms with Crippen LogP contribution in [0.4, 0.5) is 4.39 Å². The Morgan fingerprint density at radius 2 is 1.86 bits per heavy atom. The average molecular weight is 485 g/mol. The van der Waals surface area contributed by atoms with E-state index < -0.39 is 0 Å². The van der Waals surface area contributed by atoms with Crippen LogP contribution in [0.2, 0.25) is 0 Å². The summed E-state index contributed by atoms with van der Waals surface area (Å²) in [6, 6.07) is 8.57. The van der Waals surface area contributed by atoms with Gasteiger partial charge in [0.05, 0.1) is 19.6 Å². The number of benzene rings is 2. The summed E-state index contributed by atoms with van der Waals surface area (Å²) in [4.78, 5) is 17.0. The highest BCUT2D eigenvalue weighted by molar-refractivity contribution is 5.79. The maximum atomic E-state index is 13.6. The molecular weight excluding hydrogens is 443 g/mol. The first-order valence-electron chi connectivity index (χ1n) is 12.2. The Morgan fingerprint density at radius 3 is 2.51 bits per heavy atom. The highest BCUT2D eigenvalue weighted by atomic mass is 19.1. The Morgan fingerprint density at radius 1 is 1.11 bits per heavy atom. The number of rotatable bonds is 13. The molecule has 1 N–H and O–H groups in total. The number of carbonyl (C=O) groups excluding carboxylic acids is 1. The van der Waals surface area contributed by atoms with Gasteiger partial charge >= 0.3 is 0 Å². The summed E-state index contributed by atoms with van der Waals surface area (Å²) >= 11 is 0. The number of halogens is 1. The van der Waals surface area contributed by atoms with E-state index in [-0.39, 0.29) is 24.2 Å². The Kier molecular flexibility index (Phi) is 14.3. The molecular formula is C29H41FN2O3. The fourth-order valence-electron chi connectivity index (χ4n) is 3.57. The van der Waals surface area contributed by atoms with Crippen molar-refractivity contribution in [3.05, 3.63) is 76.6 Å². The minimum Gasteiger partial charge on any atom is -0.491 e. The molecule has 1 unspecified atom stereocenters. The standard InChI is InChI=1S/C27H35FN2O3.C2H6/c1-6-7-25(30-27(31)17-22-14-19(2)15-24(28)16-22)10-11-29-18-23-8-9-26(21(4)20(23)3)33-13-12-32-5;1-2/h6,8-9,11,14-16,25H,1,7,10,12-13,17-18H2,2-5H3,(H,30,31);1-2H3. The van der Waals surface area contributed by atoms with Crippen molar-refractivity contribution in [1.82, 2.24) is 5.32 Å². The zero-order valence-electron chi connectivity index (χ0n) is 22.1. The molecule has 0 aromatic heterocycles. The topological polar surface area (TPSA) is 59.9 Å². The van der Waals surface area contributed by atoms with Gasteiger partial charge in [0.15, 0.2) is 0 Å². The van der Waals surface area contributed by atoms with Crippen LogP contribution in [0, 0.1) is 26.6 Å². The lowest BCUT2D eigenvalue weighted by molar-refractivity contribution is -0.121. The fraction of sp³-hybridized carbons (Fsp3) is 0.448. The molecule has 5 nitrogen and oxygen atoms in total. The first kappa shape index (κ1) is 30.0. The Balaban J connectivity index is 0.00000298. The van der Waals surface area contributed by atoms with Crippen LogP contribution in [0.5, 0.6) is 5.75 Å². The van der Waals surface area contributed by atoms with Crippen LogP contribution in [-0.2, 0) is 22.5 Å².